The van der Waals surface area contributed by atoms with Gasteiger partial charge in [0.15, 0.2) is 6.10 Å². The second-order valence-corrected chi connectivity index (χ2v) is 7.79. The van der Waals surface area contributed by atoms with Crippen LogP contribution in [0.25, 0.3) is 0 Å². The van der Waals surface area contributed by atoms with Crippen LogP contribution in [0.4, 0.5) is 4.79 Å². The predicted octanol–water partition coefficient (Wildman–Crippen LogP) is 0.132. The molecular formula is C17H27N5O3. The normalized spacial score (nSPS) is 34.7. The second-order valence-electron chi connectivity index (χ2n) is 7.79. The number of urea groups is 1. The number of oxime groups is 1. The fourth-order valence-electron chi connectivity index (χ4n) is 4.91. The third kappa shape index (κ3) is 3.44. The highest BCUT2D eigenvalue weighted by Crippen LogP contribution is 2.46. The van der Waals surface area contributed by atoms with Crippen LogP contribution in [0.3, 0.4) is 0 Å². The topological polar surface area (TPSA) is 100 Å². The number of nitrogens with two attached hydrogens (primary N) is 1. The molecule has 0 aromatic carbocycles. The quantitative estimate of drug-likeness (QED) is 0.753. The van der Waals surface area contributed by atoms with Crippen LogP contribution in [0.1, 0.15) is 32.1 Å². The van der Waals surface area contributed by atoms with E-state index < -0.39 is 5.91 Å². The van der Waals surface area contributed by atoms with Crippen LogP contribution in [-0.4, -0.2) is 72.3 Å². The zero-order valence-electron chi connectivity index (χ0n) is 14.5. The first-order chi connectivity index (χ1) is 12.1. The number of piperazine rings is 1. The molecule has 2 bridgehead atoms. The van der Waals surface area contributed by atoms with Gasteiger partial charge in [-0.2, -0.15) is 0 Å². The molecule has 3 N–H and O–H groups in total. The van der Waals surface area contributed by atoms with E-state index in [0.717, 1.165) is 44.1 Å². The molecule has 3 fully saturated rings. The maximum atomic E-state index is 12.3. The predicted molar refractivity (Wildman–Crippen MR) is 91.9 cm³/mol. The molecule has 0 aromatic rings. The van der Waals surface area contributed by atoms with Gasteiger partial charge in [-0.15, -0.1) is 0 Å². The molecular weight excluding hydrogens is 322 g/mol. The van der Waals surface area contributed by atoms with Crippen molar-refractivity contribution in [2.24, 2.45) is 22.7 Å². The molecule has 8 nitrogen and oxygen atoms in total. The monoisotopic (exact) mass is 349 g/mol. The Bertz CT molecular complexity index is 573. The van der Waals surface area contributed by atoms with Crippen molar-refractivity contribution in [3.63, 3.8) is 0 Å². The Balaban J connectivity index is 1.18. The Kier molecular flexibility index (Phi) is 4.54. The van der Waals surface area contributed by atoms with Gasteiger partial charge < -0.3 is 20.8 Å². The van der Waals surface area contributed by atoms with E-state index in [1.807, 2.05) is 4.90 Å². The number of fused-ring (bicyclic) bond motifs is 2. The van der Waals surface area contributed by atoms with Crippen LogP contribution >= 0.6 is 0 Å². The lowest BCUT2D eigenvalue weighted by Crippen LogP contribution is -2.55. The first kappa shape index (κ1) is 16.6. The highest BCUT2D eigenvalue weighted by Gasteiger charge is 2.43. The molecule has 1 saturated heterocycles. The Morgan fingerprint density at radius 1 is 1.20 bits per heavy atom. The molecule has 3 amide bonds. The number of hydrogen-bond acceptors (Lipinski definition) is 5. The lowest BCUT2D eigenvalue weighted by molar-refractivity contribution is -0.112. The molecule has 2 aliphatic heterocycles. The molecule has 2 heterocycles. The smallest absolute Gasteiger partial charge is 0.317 e. The number of amides is 3. The highest BCUT2D eigenvalue weighted by atomic mass is 16.6. The molecule has 0 unspecified atom stereocenters. The third-order valence-corrected chi connectivity index (χ3v) is 6.27. The van der Waals surface area contributed by atoms with E-state index in [0.29, 0.717) is 13.0 Å². The Morgan fingerprint density at radius 3 is 2.60 bits per heavy atom. The van der Waals surface area contributed by atoms with Crippen molar-refractivity contribution in [3.8, 4) is 0 Å². The molecule has 8 heteroatoms. The number of nitrogens with zero attached hydrogens (tertiary/aromatic N) is 3. The molecule has 0 radical (unpaired) electrons. The number of rotatable bonds is 4. The summed E-state index contributed by atoms with van der Waals surface area (Å²) in [6.07, 6.45) is 5.65. The SMILES string of the molecule is NC(=O)C1=NO[C@@H](CNC(=O)N2CCN([C@H]3C[C@H]4CC[C@H]3C4)CC2)C1. The molecule has 0 aromatic heterocycles. The van der Waals surface area contributed by atoms with E-state index in [2.05, 4.69) is 15.4 Å². The average Bonchev–Trinajstić information content (AvgIpc) is 3.36. The van der Waals surface area contributed by atoms with E-state index in [9.17, 15) is 9.59 Å². The van der Waals surface area contributed by atoms with E-state index in [4.69, 9.17) is 10.6 Å². The van der Waals surface area contributed by atoms with E-state index in [1.54, 1.807) is 0 Å². The number of primary amides is 1. The zero-order chi connectivity index (χ0) is 17.4. The Morgan fingerprint density at radius 2 is 2.00 bits per heavy atom. The summed E-state index contributed by atoms with van der Waals surface area (Å²) < 4.78 is 0. The maximum Gasteiger partial charge on any atom is 0.317 e. The van der Waals surface area contributed by atoms with Crippen LogP contribution in [0, 0.1) is 11.8 Å². The molecule has 2 saturated carbocycles. The lowest BCUT2D eigenvalue weighted by atomic mass is 9.93. The molecule has 138 valence electrons. The number of nitrogens with one attached hydrogen (secondary N) is 1. The molecule has 25 heavy (non-hydrogen) atoms. The summed E-state index contributed by atoms with van der Waals surface area (Å²) >= 11 is 0. The standard InChI is InChI=1S/C17H27N5O3/c18-16(23)14-9-13(25-20-14)10-19-17(24)22-5-3-21(4-6-22)15-8-11-1-2-12(15)7-11/h11-13,15H,1-10H2,(H2,18,23)(H,19,24)/t11-,12-,13+,15-/m0/s1. The molecule has 4 rings (SSSR count). The van der Waals surface area contributed by atoms with Crippen molar-refractivity contribution in [2.75, 3.05) is 32.7 Å². The Hall–Kier alpha value is -1.83. The minimum Gasteiger partial charge on any atom is -0.390 e. The fraction of sp³-hybridized carbons (Fsp3) is 0.824. The van der Waals surface area contributed by atoms with Crippen molar-refractivity contribution in [2.45, 2.75) is 44.2 Å². The maximum absolute atomic E-state index is 12.3. The van der Waals surface area contributed by atoms with Crippen molar-refractivity contribution in [1.82, 2.24) is 15.1 Å². The molecule has 2 aliphatic carbocycles. The van der Waals surface area contributed by atoms with Gasteiger partial charge in [0.25, 0.3) is 5.91 Å². The summed E-state index contributed by atoms with van der Waals surface area (Å²) in [5.74, 6) is 1.28. The average molecular weight is 349 g/mol. The van der Waals surface area contributed by atoms with E-state index >= 15 is 0 Å². The van der Waals surface area contributed by atoms with Crippen LogP contribution in [0.5, 0.6) is 0 Å². The third-order valence-electron chi connectivity index (χ3n) is 6.27. The van der Waals surface area contributed by atoms with Crippen molar-refractivity contribution >= 4 is 17.6 Å². The first-order valence-corrected chi connectivity index (χ1v) is 9.39. The summed E-state index contributed by atoms with van der Waals surface area (Å²) in [7, 11) is 0. The van der Waals surface area contributed by atoms with Crippen LogP contribution in [0.15, 0.2) is 5.16 Å². The first-order valence-electron chi connectivity index (χ1n) is 9.39. The summed E-state index contributed by atoms with van der Waals surface area (Å²) in [5, 5.41) is 6.53. The van der Waals surface area contributed by atoms with Crippen molar-refractivity contribution in [1.29, 1.82) is 0 Å². The van der Waals surface area contributed by atoms with Crippen molar-refractivity contribution in [3.05, 3.63) is 0 Å². The van der Waals surface area contributed by atoms with Gasteiger partial charge in [0.2, 0.25) is 0 Å². The highest BCUT2D eigenvalue weighted by molar-refractivity contribution is 6.38. The Labute approximate surface area is 147 Å². The summed E-state index contributed by atoms with van der Waals surface area (Å²) in [4.78, 5) is 33.0. The van der Waals surface area contributed by atoms with Gasteiger partial charge in [-0.05, 0) is 31.1 Å². The van der Waals surface area contributed by atoms with Gasteiger partial charge >= 0.3 is 6.03 Å². The van der Waals surface area contributed by atoms with Crippen LogP contribution in [-0.2, 0) is 9.63 Å². The van der Waals surface area contributed by atoms with Crippen LogP contribution in [0.2, 0.25) is 0 Å². The molecule has 0 spiro atoms. The fourth-order valence-corrected chi connectivity index (χ4v) is 4.91. The molecule has 4 atom stereocenters. The van der Waals surface area contributed by atoms with E-state index in [1.165, 1.54) is 25.7 Å². The zero-order valence-corrected chi connectivity index (χ0v) is 14.5. The van der Waals surface area contributed by atoms with Gasteiger partial charge in [-0.1, -0.05) is 11.6 Å². The van der Waals surface area contributed by atoms with Gasteiger partial charge in [0.1, 0.15) is 5.71 Å². The van der Waals surface area contributed by atoms with Crippen LogP contribution < -0.4 is 11.1 Å². The number of carbonyl (C=O) groups is 2. The van der Waals surface area contributed by atoms with Gasteiger partial charge in [-0.25, -0.2) is 4.79 Å². The summed E-state index contributed by atoms with van der Waals surface area (Å²) in [5.41, 5.74) is 5.40. The van der Waals surface area contributed by atoms with Crippen molar-refractivity contribution < 1.29 is 14.4 Å². The van der Waals surface area contributed by atoms with Gasteiger partial charge in [0, 0.05) is 38.6 Å². The minimum atomic E-state index is -0.564. The summed E-state index contributed by atoms with van der Waals surface area (Å²) in [6, 6.07) is 0.684. The van der Waals surface area contributed by atoms with Gasteiger partial charge in [0.05, 0.1) is 6.54 Å². The lowest BCUT2D eigenvalue weighted by Gasteiger charge is -2.41. The minimum absolute atomic E-state index is 0.0660. The van der Waals surface area contributed by atoms with Gasteiger partial charge in [-0.3, -0.25) is 9.69 Å². The second kappa shape index (κ2) is 6.82. The largest absolute Gasteiger partial charge is 0.390 e. The number of hydrogen-bond donors (Lipinski definition) is 2. The summed E-state index contributed by atoms with van der Waals surface area (Å²) in [6.45, 7) is 3.82. The molecule has 4 aliphatic rings. The van der Waals surface area contributed by atoms with E-state index in [-0.39, 0.29) is 17.8 Å². The number of carbonyl (C=O) groups excluding carboxylic acids is 2.